The van der Waals surface area contributed by atoms with Crippen LogP contribution in [0.15, 0.2) is 291 Å². The Kier molecular flexibility index (Phi) is 10.9. The van der Waals surface area contributed by atoms with Gasteiger partial charge in [0.2, 0.25) is 0 Å². The van der Waals surface area contributed by atoms with Crippen molar-refractivity contribution in [1.82, 2.24) is 0 Å². The Balaban J connectivity index is 1.09. The highest BCUT2D eigenvalue weighted by Crippen LogP contribution is 2.51. The molecule has 2 heteroatoms. The summed E-state index contributed by atoms with van der Waals surface area (Å²) >= 11 is 0. The van der Waals surface area contributed by atoms with Crippen molar-refractivity contribution in [2.45, 2.75) is 0 Å². The minimum atomic E-state index is 1.09. The number of nitrogens with zero attached hydrogens (tertiary/aromatic N) is 2. The van der Waals surface area contributed by atoms with Gasteiger partial charge in [-0.3, -0.25) is 0 Å². The molecule has 0 aliphatic carbocycles. The van der Waals surface area contributed by atoms with Crippen molar-refractivity contribution in [3.05, 3.63) is 291 Å². The molecule has 0 fully saturated rings. The quantitative estimate of drug-likeness (QED) is 0.126. The fraction of sp³-hybridized carbons (Fsp3) is 0. The first-order valence-electron chi connectivity index (χ1n) is 24.8. The Morgan fingerprint density at radius 2 is 0.597 bits per heavy atom. The molecule has 0 atom stereocenters. The molecule has 0 aliphatic heterocycles. The van der Waals surface area contributed by atoms with Crippen LogP contribution in [0, 0.1) is 0 Å². The average Bonchev–Trinajstić information content (AvgIpc) is 3.46. The maximum absolute atomic E-state index is 2.46. The number of fused-ring (bicyclic) bond motifs is 7. The zero-order chi connectivity index (χ0) is 47.8. The van der Waals surface area contributed by atoms with Gasteiger partial charge in [0.15, 0.2) is 0 Å². The Hall–Kier alpha value is -9.50. The van der Waals surface area contributed by atoms with Crippen LogP contribution in [0.1, 0.15) is 0 Å². The summed E-state index contributed by atoms with van der Waals surface area (Å²) in [4.78, 5) is 4.67. The zero-order valence-electron chi connectivity index (χ0n) is 39.6. The normalized spacial score (nSPS) is 11.3. The van der Waals surface area contributed by atoms with E-state index in [2.05, 4.69) is 301 Å². The van der Waals surface area contributed by atoms with Crippen LogP contribution in [0.5, 0.6) is 0 Å². The maximum Gasteiger partial charge on any atom is 0.0462 e. The molecule has 13 aromatic rings. The molecule has 0 bridgehead atoms. The number of hydrogen-bond acceptors (Lipinski definition) is 2. The Labute approximate surface area is 420 Å². The first-order valence-corrected chi connectivity index (χ1v) is 24.8. The number of benzene rings is 13. The van der Waals surface area contributed by atoms with Crippen LogP contribution in [-0.2, 0) is 0 Å². The van der Waals surface area contributed by atoms with Gasteiger partial charge in [-0.25, -0.2) is 0 Å². The van der Waals surface area contributed by atoms with E-state index in [0.717, 1.165) is 45.3 Å². The van der Waals surface area contributed by atoms with Gasteiger partial charge < -0.3 is 9.80 Å². The first kappa shape index (κ1) is 42.6. The molecule has 0 radical (unpaired) electrons. The van der Waals surface area contributed by atoms with Crippen LogP contribution in [0.2, 0.25) is 0 Å². The summed E-state index contributed by atoms with van der Waals surface area (Å²) < 4.78 is 0. The van der Waals surface area contributed by atoms with Crippen molar-refractivity contribution in [2.75, 3.05) is 9.80 Å². The van der Waals surface area contributed by atoms with E-state index >= 15 is 0 Å². The molecule has 338 valence electrons. The minimum Gasteiger partial charge on any atom is -0.311 e. The van der Waals surface area contributed by atoms with Crippen LogP contribution in [-0.4, -0.2) is 0 Å². The number of rotatable bonds is 10. The van der Waals surface area contributed by atoms with Gasteiger partial charge in [0, 0.05) is 34.1 Å². The highest BCUT2D eigenvalue weighted by Gasteiger charge is 2.23. The monoisotopic (exact) mass is 916 g/mol. The van der Waals surface area contributed by atoms with Gasteiger partial charge in [0.1, 0.15) is 0 Å². The molecule has 0 saturated heterocycles. The molecular formula is C70H48N2. The summed E-state index contributed by atoms with van der Waals surface area (Å²) in [5.74, 6) is 0. The van der Waals surface area contributed by atoms with E-state index in [4.69, 9.17) is 0 Å². The number of hydrogen-bond donors (Lipinski definition) is 0. The summed E-state index contributed by atoms with van der Waals surface area (Å²) in [7, 11) is 0. The van der Waals surface area contributed by atoms with E-state index in [1.54, 1.807) is 0 Å². The third-order valence-electron chi connectivity index (χ3n) is 14.2. The van der Waals surface area contributed by atoms with Gasteiger partial charge in [0.25, 0.3) is 0 Å². The third-order valence-corrected chi connectivity index (χ3v) is 14.2. The largest absolute Gasteiger partial charge is 0.311 e. The number of para-hydroxylation sites is 4. The molecule has 0 spiro atoms. The summed E-state index contributed by atoms with van der Waals surface area (Å²) in [5.41, 5.74) is 16.1. The first-order chi connectivity index (χ1) is 35.7. The Bertz CT molecular complexity index is 3960. The van der Waals surface area contributed by atoms with E-state index in [-0.39, 0.29) is 0 Å². The smallest absolute Gasteiger partial charge is 0.0462 e. The summed E-state index contributed by atoms with van der Waals surface area (Å²) in [5, 5.41) is 9.86. The summed E-state index contributed by atoms with van der Waals surface area (Å²) in [6, 6.07) is 106. The van der Waals surface area contributed by atoms with Crippen LogP contribution in [0.3, 0.4) is 0 Å². The van der Waals surface area contributed by atoms with E-state index in [0.29, 0.717) is 0 Å². The molecular weight excluding hydrogens is 869 g/mol. The molecule has 0 N–H and O–H groups in total. The lowest BCUT2D eigenvalue weighted by Crippen LogP contribution is -2.09. The summed E-state index contributed by atoms with van der Waals surface area (Å²) in [6.45, 7) is 0. The molecule has 0 unspecified atom stereocenters. The van der Waals surface area contributed by atoms with Gasteiger partial charge in [-0.15, -0.1) is 0 Å². The van der Waals surface area contributed by atoms with Gasteiger partial charge in [0.05, 0.1) is 0 Å². The standard InChI is InChI=1S/C70H48N2/c1-6-21-50(22-7-1)65-48-66(51-37-42-58(43-38-51)71(54-25-8-2-9-26-54)55-27-10-3-11-28-55)69-63-35-19-18-34-62(63)67-47-53(61-36-20-24-49-23-16-17-33-60(49)61)41-46-64(67)70(69)68(65)52-39-44-59(45-40-52)72(56-29-12-4-13-30-56)57-31-14-5-15-32-57/h1-48H. The molecule has 13 rings (SSSR count). The van der Waals surface area contributed by atoms with E-state index in [9.17, 15) is 0 Å². The fourth-order valence-electron chi connectivity index (χ4n) is 10.9. The predicted molar refractivity (Wildman–Crippen MR) is 308 cm³/mol. The van der Waals surface area contributed by atoms with E-state index in [1.807, 2.05) is 0 Å². The lowest BCUT2D eigenvalue weighted by atomic mass is 9.81. The Morgan fingerprint density at radius 3 is 1.15 bits per heavy atom. The molecule has 13 aromatic carbocycles. The predicted octanol–water partition coefficient (Wildman–Crippen LogP) is 19.9. The van der Waals surface area contributed by atoms with Crippen LogP contribution < -0.4 is 9.80 Å². The van der Waals surface area contributed by atoms with Crippen LogP contribution >= 0.6 is 0 Å². The number of anilines is 6. The lowest BCUT2D eigenvalue weighted by Gasteiger charge is -2.26. The fourth-order valence-corrected chi connectivity index (χ4v) is 10.9. The molecule has 2 nitrogen and oxygen atoms in total. The lowest BCUT2D eigenvalue weighted by molar-refractivity contribution is 1.28. The van der Waals surface area contributed by atoms with Gasteiger partial charge in [-0.1, -0.05) is 206 Å². The van der Waals surface area contributed by atoms with Crippen molar-refractivity contribution in [1.29, 1.82) is 0 Å². The Morgan fingerprint density at radius 1 is 0.194 bits per heavy atom. The average molecular weight is 917 g/mol. The highest BCUT2D eigenvalue weighted by molar-refractivity contribution is 6.33. The van der Waals surface area contributed by atoms with E-state index in [1.165, 1.54) is 76.5 Å². The molecule has 0 aromatic heterocycles. The molecule has 72 heavy (non-hydrogen) atoms. The van der Waals surface area contributed by atoms with Gasteiger partial charge in [-0.2, -0.15) is 0 Å². The van der Waals surface area contributed by atoms with Crippen molar-refractivity contribution in [2.24, 2.45) is 0 Å². The molecule has 0 saturated carbocycles. The van der Waals surface area contributed by atoms with Gasteiger partial charge in [-0.05, 0) is 173 Å². The third kappa shape index (κ3) is 7.63. The SMILES string of the molecule is c1ccc(-c2cc(-c3ccc(N(c4ccccc4)c4ccccc4)cc3)c3c4ccccc4c4cc(-c5cccc6ccccc56)ccc4c3c2-c2ccc(N(c3ccccc3)c3ccccc3)cc2)cc1. The second-order valence-electron chi connectivity index (χ2n) is 18.4. The minimum absolute atomic E-state index is 1.09. The van der Waals surface area contributed by atoms with Crippen LogP contribution in [0.4, 0.5) is 34.1 Å². The van der Waals surface area contributed by atoms with Crippen LogP contribution in [0.25, 0.3) is 87.6 Å². The van der Waals surface area contributed by atoms with Crippen molar-refractivity contribution < 1.29 is 0 Å². The molecule has 0 aliphatic rings. The van der Waals surface area contributed by atoms with Gasteiger partial charge >= 0.3 is 0 Å². The second kappa shape index (κ2) is 18.4. The molecule has 0 heterocycles. The van der Waals surface area contributed by atoms with Crippen molar-refractivity contribution >= 4 is 77.2 Å². The highest BCUT2D eigenvalue weighted by atomic mass is 15.1. The van der Waals surface area contributed by atoms with E-state index < -0.39 is 0 Å². The second-order valence-corrected chi connectivity index (χ2v) is 18.4. The topological polar surface area (TPSA) is 6.48 Å². The zero-order valence-corrected chi connectivity index (χ0v) is 39.6. The van der Waals surface area contributed by atoms with Crippen molar-refractivity contribution in [3.63, 3.8) is 0 Å². The van der Waals surface area contributed by atoms with Crippen molar-refractivity contribution in [3.8, 4) is 44.5 Å². The maximum atomic E-state index is 2.46. The summed E-state index contributed by atoms with van der Waals surface area (Å²) in [6.07, 6.45) is 0. The molecule has 0 amide bonds.